The standard InChI is InChI=1S/C20H20N2O3/c1-25-17-9-5-4-7-14(17)13-6-2-3-8-15(13)20(24)22-11-12-10-16(12)18(22)19(21)23/h2-9,12,16,18H,10-11H2,1H3,(H2,21,23)/t12-,16-,18+/m1/s1. The maximum absolute atomic E-state index is 13.2. The van der Waals surface area contributed by atoms with Crippen molar-refractivity contribution in [2.24, 2.45) is 17.6 Å². The maximum atomic E-state index is 13.2. The molecule has 1 saturated carbocycles. The van der Waals surface area contributed by atoms with Crippen LogP contribution in [0.1, 0.15) is 16.8 Å². The van der Waals surface area contributed by atoms with Crippen molar-refractivity contribution in [3.63, 3.8) is 0 Å². The van der Waals surface area contributed by atoms with E-state index in [9.17, 15) is 9.59 Å². The van der Waals surface area contributed by atoms with Crippen LogP contribution in [0.15, 0.2) is 48.5 Å². The molecule has 0 radical (unpaired) electrons. The predicted octanol–water partition coefficient (Wildman–Crippen LogP) is 2.31. The number of rotatable bonds is 4. The first kappa shape index (κ1) is 15.7. The van der Waals surface area contributed by atoms with Gasteiger partial charge >= 0.3 is 0 Å². The Morgan fingerprint density at radius 2 is 1.76 bits per heavy atom. The zero-order chi connectivity index (χ0) is 17.6. The topological polar surface area (TPSA) is 72.6 Å². The fraction of sp³-hybridized carbons (Fsp3) is 0.300. The van der Waals surface area contributed by atoms with Crippen molar-refractivity contribution in [1.82, 2.24) is 4.90 Å². The molecule has 5 heteroatoms. The van der Waals surface area contributed by atoms with Gasteiger partial charge in [0.1, 0.15) is 11.8 Å². The summed E-state index contributed by atoms with van der Waals surface area (Å²) in [5.74, 6) is 0.809. The van der Waals surface area contributed by atoms with Gasteiger partial charge in [-0.3, -0.25) is 9.59 Å². The lowest BCUT2D eigenvalue weighted by molar-refractivity contribution is -0.122. The first-order chi connectivity index (χ1) is 12.1. The molecule has 0 bridgehead atoms. The van der Waals surface area contributed by atoms with Gasteiger partial charge in [-0.1, -0.05) is 36.4 Å². The molecule has 2 N–H and O–H groups in total. The van der Waals surface area contributed by atoms with Gasteiger partial charge < -0.3 is 15.4 Å². The first-order valence-electron chi connectivity index (χ1n) is 8.44. The van der Waals surface area contributed by atoms with Crippen LogP contribution >= 0.6 is 0 Å². The summed E-state index contributed by atoms with van der Waals surface area (Å²) in [6.07, 6.45) is 0.992. The van der Waals surface area contributed by atoms with Crippen LogP contribution < -0.4 is 10.5 Å². The molecule has 0 aromatic heterocycles. The highest BCUT2D eigenvalue weighted by atomic mass is 16.5. The van der Waals surface area contributed by atoms with Gasteiger partial charge in [0.05, 0.1) is 7.11 Å². The van der Waals surface area contributed by atoms with Crippen molar-refractivity contribution < 1.29 is 14.3 Å². The van der Waals surface area contributed by atoms with Crippen LogP contribution in [0.5, 0.6) is 5.75 Å². The molecule has 2 aromatic carbocycles. The van der Waals surface area contributed by atoms with Gasteiger partial charge in [-0.25, -0.2) is 0 Å². The van der Waals surface area contributed by atoms with Crippen LogP contribution in [0.2, 0.25) is 0 Å². The third kappa shape index (κ3) is 2.56. The number of nitrogens with two attached hydrogens (primary N) is 1. The Hall–Kier alpha value is -2.82. The molecule has 3 atom stereocenters. The molecule has 0 spiro atoms. The molecule has 5 nitrogen and oxygen atoms in total. The number of para-hydroxylation sites is 1. The second-order valence-electron chi connectivity index (χ2n) is 6.71. The zero-order valence-corrected chi connectivity index (χ0v) is 14.0. The number of amides is 2. The second-order valence-corrected chi connectivity index (χ2v) is 6.71. The Balaban J connectivity index is 1.74. The number of ether oxygens (including phenoxy) is 1. The normalized spacial score (nSPS) is 23.9. The number of likely N-dealkylation sites (tertiary alicyclic amines) is 1. The van der Waals surface area contributed by atoms with E-state index in [0.717, 1.165) is 17.5 Å². The molecule has 2 aliphatic rings. The minimum atomic E-state index is -0.483. The number of benzene rings is 2. The first-order valence-corrected chi connectivity index (χ1v) is 8.44. The number of primary amides is 1. The number of fused-ring (bicyclic) bond motifs is 1. The molecule has 1 saturated heterocycles. The molecule has 25 heavy (non-hydrogen) atoms. The number of nitrogens with zero attached hydrogens (tertiary/aromatic N) is 1. The van der Waals surface area contributed by atoms with Crippen molar-refractivity contribution in [1.29, 1.82) is 0 Å². The Bertz CT molecular complexity index is 848. The van der Waals surface area contributed by atoms with E-state index in [0.29, 0.717) is 23.8 Å². The zero-order valence-electron chi connectivity index (χ0n) is 14.0. The fourth-order valence-electron chi connectivity index (χ4n) is 3.97. The average Bonchev–Trinajstić information content (AvgIpc) is 3.30. The number of hydrogen-bond acceptors (Lipinski definition) is 3. The maximum Gasteiger partial charge on any atom is 0.255 e. The van der Waals surface area contributed by atoms with Crippen LogP contribution in [0, 0.1) is 11.8 Å². The molecule has 2 amide bonds. The highest BCUT2D eigenvalue weighted by Gasteiger charge is 2.56. The van der Waals surface area contributed by atoms with Crippen LogP contribution in [0.25, 0.3) is 11.1 Å². The van der Waals surface area contributed by atoms with Gasteiger partial charge in [0.15, 0.2) is 0 Å². The monoisotopic (exact) mass is 336 g/mol. The molecular formula is C20H20N2O3. The van der Waals surface area contributed by atoms with E-state index in [-0.39, 0.29) is 11.8 Å². The predicted molar refractivity (Wildman–Crippen MR) is 94.0 cm³/mol. The van der Waals surface area contributed by atoms with Crippen molar-refractivity contribution in [2.45, 2.75) is 12.5 Å². The summed E-state index contributed by atoms with van der Waals surface area (Å²) >= 11 is 0. The van der Waals surface area contributed by atoms with E-state index in [2.05, 4.69) is 0 Å². The van der Waals surface area contributed by atoms with E-state index in [4.69, 9.17) is 10.5 Å². The minimum Gasteiger partial charge on any atom is -0.496 e. The molecule has 128 valence electrons. The largest absolute Gasteiger partial charge is 0.496 e. The second kappa shape index (κ2) is 5.92. The summed E-state index contributed by atoms with van der Waals surface area (Å²) < 4.78 is 5.44. The van der Waals surface area contributed by atoms with Gasteiger partial charge in [0, 0.05) is 17.7 Å². The van der Waals surface area contributed by atoms with Crippen LogP contribution in [0.3, 0.4) is 0 Å². The van der Waals surface area contributed by atoms with Crippen molar-refractivity contribution >= 4 is 11.8 Å². The lowest BCUT2D eigenvalue weighted by Gasteiger charge is -2.26. The van der Waals surface area contributed by atoms with Crippen molar-refractivity contribution in [3.8, 4) is 16.9 Å². The Labute approximate surface area is 146 Å². The summed E-state index contributed by atoms with van der Waals surface area (Å²) in [6.45, 7) is 0.608. The van der Waals surface area contributed by atoms with Crippen molar-refractivity contribution in [3.05, 3.63) is 54.1 Å². The summed E-state index contributed by atoms with van der Waals surface area (Å²) in [7, 11) is 1.61. The minimum absolute atomic E-state index is 0.141. The van der Waals surface area contributed by atoms with Gasteiger partial charge in [-0.2, -0.15) is 0 Å². The smallest absolute Gasteiger partial charge is 0.255 e. The summed E-state index contributed by atoms with van der Waals surface area (Å²) in [5.41, 5.74) is 7.79. The lowest BCUT2D eigenvalue weighted by atomic mass is 9.97. The van der Waals surface area contributed by atoms with E-state index >= 15 is 0 Å². The number of piperidine rings is 1. The summed E-state index contributed by atoms with van der Waals surface area (Å²) in [4.78, 5) is 26.7. The number of methoxy groups -OCH3 is 1. The Morgan fingerprint density at radius 3 is 2.48 bits per heavy atom. The van der Waals surface area contributed by atoms with Gasteiger partial charge in [-0.05, 0) is 36.0 Å². The van der Waals surface area contributed by atoms with Gasteiger partial charge in [0.2, 0.25) is 5.91 Å². The molecule has 2 aromatic rings. The molecule has 2 fully saturated rings. The number of carbonyl (C=O) groups excluding carboxylic acids is 2. The van der Waals surface area contributed by atoms with Gasteiger partial charge in [-0.15, -0.1) is 0 Å². The fourth-order valence-corrected chi connectivity index (χ4v) is 3.97. The molecule has 1 heterocycles. The Kier molecular flexibility index (Phi) is 3.71. The number of hydrogen-bond donors (Lipinski definition) is 1. The van der Waals surface area contributed by atoms with E-state index in [1.165, 1.54) is 0 Å². The molecular weight excluding hydrogens is 316 g/mol. The molecule has 4 rings (SSSR count). The average molecular weight is 336 g/mol. The Morgan fingerprint density at radius 1 is 1.08 bits per heavy atom. The molecule has 1 aliphatic carbocycles. The van der Waals surface area contributed by atoms with E-state index in [1.807, 2.05) is 42.5 Å². The van der Waals surface area contributed by atoms with Gasteiger partial charge in [0.25, 0.3) is 5.91 Å². The highest BCUT2D eigenvalue weighted by molar-refractivity contribution is 6.03. The summed E-state index contributed by atoms with van der Waals surface area (Å²) in [6, 6.07) is 14.6. The molecule has 0 unspecified atom stereocenters. The SMILES string of the molecule is COc1ccccc1-c1ccccc1C(=O)N1C[C@H]2C[C@H]2[C@H]1C(N)=O. The van der Waals surface area contributed by atoms with Crippen LogP contribution in [-0.2, 0) is 4.79 Å². The lowest BCUT2D eigenvalue weighted by Crippen LogP contribution is -2.46. The van der Waals surface area contributed by atoms with Crippen LogP contribution in [0.4, 0.5) is 0 Å². The van der Waals surface area contributed by atoms with E-state index in [1.54, 1.807) is 18.1 Å². The van der Waals surface area contributed by atoms with Crippen molar-refractivity contribution in [2.75, 3.05) is 13.7 Å². The number of carbonyl (C=O) groups is 2. The van der Waals surface area contributed by atoms with E-state index < -0.39 is 11.9 Å². The quantitative estimate of drug-likeness (QED) is 0.931. The van der Waals surface area contributed by atoms with Crippen LogP contribution in [-0.4, -0.2) is 36.4 Å². The third-order valence-corrected chi connectivity index (χ3v) is 5.26. The highest BCUT2D eigenvalue weighted by Crippen LogP contribution is 2.50. The summed E-state index contributed by atoms with van der Waals surface area (Å²) in [5, 5.41) is 0. The third-order valence-electron chi connectivity index (χ3n) is 5.26. The molecule has 1 aliphatic heterocycles.